The minimum absolute atomic E-state index is 0.0659. The third-order valence-corrected chi connectivity index (χ3v) is 3.26. The number of ketones is 1. The van der Waals surface area contributed by atoms with Crippen LogP contribution >= 0.6 is 0 Å². The number of fused-ring (bicyclic) bond motifs is 3. The number of rotatable bonds is 1. The van der Waals surface area contributed by atoms with Gasteiger partial charge in [-0.2, -0.15) is 0 Å². The first-order valence-electron chi connectivity index (χ1n) is 5.55. The largest absolute Gasteiger partial charge is 0.496 e. The van der Waals surface area contributed by atoms with Gasteiger partial charge < -0.3 is 4.74 Å². The van der Waals surface area contributed by atoms with E-state index in [9.17, 15) is 4.79 Å². The Kier molecular flexibility index (Phi) is 2.05. The van der Waals surface area contributed by atoms with Crippen LogP contribution in [-0.4, -0.2) is 12.9 Å². The lowest BCUT2D eigenvalue weighted by atomic mass is 10.00. The fourth-order valence-electron chi connectivity index (χ4n) is 2.46. The van der Waals surface area contributed by atoms with Crippen molar-refractivity contribution < 1.29 is 9.53 Å². The summed E-state index contributed by atoms with van der Waals surface area (Å²) in [5, 5.41) is 0. The number of aryl methyl sites for hydroxylation is 1. The number of benzene rings is 2. The molecule has 0 amide bonds. The summed E-state index contributed by atoms with van der Waals surface area (Å²) in [6, 6.07) is 11.6. The van der Waals surface area contributed by atoms with Crippen molar-refractivity contribution >= 4 is 5.78 Å². The Labute approximate surface area is 99.9 Å². The van der Waals surface area contributed by atoms with Crippen LogP contribution in [0.2, 0.25) is 0 Å². The molecule has 0 radical (unpaired) electrons. The lowest BCUT2D eigenvalue weighted by Gasteiger charge is -2.08. The topological polar surface area (TPSA) is 26.3 Å². The van der Waals surface area contributed by atoms with E-state index in [0.717, 1.165) is 22.3 Å². The highest BCUT2D eigenvalue weighted by Gasteiger charge is 2.30. The van der Waals surface area contributed by atoms with E-state index in [2.05, 4.69) is 0 Å². The van der Waals surface area contributed by atoms with Crippen molar-refractivity contribution in [2.75, 3.05) is 7.11 Å². The molecule has 2 heteroatoms. The van der Waals surface area contributed by atoms with Crippen molar-refractivity contribution in [2.45, 2.75) is 6.92 Å². The van der Waals surface area contributed by atoms with Crippen LogP contribution < -0.4 is 4.74 Å². The van der Waals surface area contributed by atoms with Crippen molar-refractivity contribution in [1.29, 1.82) is 0 Å². The Morgan fingerprint density at radius 1 is 0.941 bits per heavy atom. The van der Waals surface area contributed by atoms with E-state index in [1.807, 2.05) is 43.3 Å². The summed E-state index contributed by atoms with van der Waals surface area (Å²) in [6.45, 7) is 2.02. The van der Waals surface area contributed by atoms with Crippen LogP contribution in [0.4, 0.5) is 0 Å². The third-order valence-electron chi connectivity index (χ3n) is 3.26. The molecular weight excluding hydrogens is 212 g/mol. The fraction of sp³-hybridized carbons (Fsp3) is 0.133. The second-order valence-electron chi connectivity index (χ2n) is 4.21. The van der Waals surface area contributed by atoms with Gasteiger partial charge in [-0.05, 0) is 24.1 Å². The maximum absolute atomic E-state index is 12.3. The van der Waals surface area contributed by atoms with Gasteiger partial charge in [0.05, 0.1) is 12.7 Å². The van der Waals surface area contributed by atoms with Gasteiger partial charge in [-0.3, -0.25) is 4.79 Å². The van der Waals surface area contributed by atoms with E-state index < -0.39 is 0 Å². The van der Waals surface area contributed by atoms with Crippen LogP contribution in [0.5, 0.6) is 5.75 Å². The molecule has 0 spiro atoms. The van der Waals surface area contributed by atoms with Gasteiger partial charge in [0.25, 0.3) is 0 Å². The second kappa shape index (κ2) is 3.45. The molecule has 0 N–H and O–H groups in total. The van der Waals surface area contributed by atoms with Crippen molar-refractivity contribution in [3.8, 4) is 16.9 Å². The Balaban J connectivity index is 2.42. The highest BCUT2D eigenvalue weighted by Crippen LogP contribution is 2.42. The Hall–Kier alpha value is -2.09. The van der Waals surface area contributed by atoms with Crippen LogP contribution in [0.15, 0.2) is 36.4 Å². The van der Waals surface area contributed by atoms with E-state index in [1.54, 1.807) is 7.11 Å². The number of ether oxygens (including phenoxy) is 1. The molecule has 2 aromatic rings. The van der Waals surface area contributed by atoms with Crippen LogP contribution in [0, 0.1) is 6.92 Å². The molecule has 0 saturated heterocycles. The zero-order valence-corrected chi connectivity index (χ0v) is 9.78. The van der Waals surface area contributed by atoms with E-state index in [0.29, 0.717) is 11.3 Å². The number of hydrogen-bond donors (Lipinski definition) is 0. The molecular formula is C15H12O2. The van der Waals surface area contributed by atoms with Crippen LogP contribution in [0.25, 0.3) is 11.1 Å². The fourth-order valence-corrected chi connectivity index (χ4v) is 2.46. The molecule has 0 heterocycles. The molecule has 1 aliphatic carbocycles. The first kappa shape index (κ1) is 10.1. The maximum atomic E-state index is 12.3. The molecule has 0 fully saturated rings. The van der Waals surface area contributed by atoms with Gasteiger partial charge in [-0.15, -0.1) is 0 Å². The van der Waals surface area contributed by atoms with Gasteiger partial charge in [0.2, 0.25) is 0 Å². The summed E-state index contributed by atoms with van der Waals surface area (Å²) in [4.78, 5) is 12.3. The average Bonchev–Trinajstić information content (AvgIpc) is 2.66. The first-order valence-corrected chi connectivity index (χ1v) is 5.55. The minimum atomic E-state index is 0.0659. The summed E-state index contributed by atoms with van der Waals surface area (Å²) in [5.74, 6) is 0.725. The Morgan fingerprint density at radius 2 is 1.65 bits per heavy atom. The number of hydrogen-bond acceptors (Lipinski definition) is 2. The van der Waals surface area contributed by atoms with Crippen LogP contribution in [-0.2, 0) is 0 Å². The molecule has 84 valence electrons. The zero-order valence-electron chi connectivity index (χ0n) is 9.78. The second-order valence-corrected chi connectivity index (χ2v) is 4.21. The van der Waals surface area contributed by atoms with Gasteiger partial charge in [0.15, 0.2) is 5.78 Å². The highest BCUT2D eigenvalue weighted by molar-refractivity contribution is 6.23. The van der Waals surface area contributed by atoms with Crippen LogP contribution in [0.3, 0.4) is 0 Å². The molecule has 0 saturated carbocycles. The molecule has 17 heavy (non-hydrogen) atoms. The molecule has 0 bridgehead atoms. The van der Waals surface area contributed by atoms with Gasteiger partial charge in [-0.1, -0.05) is 30.3 Å². The smallest absolute Gasteiger partial charge is 0.198 e. The summed E-state index contributed by atoms with van der Waals surface area (Å²) >= 11 is 0. The van der Waals surface area contributed by atoms with E-state index in [4.69, 9.17) is 4.74 Å². The molecule has 2 nitrogen and oxygen atoms in total. The summed E-state index contributed by atoms with van der Waals surface area (Å²) < 4.78 is 5.29. The number of carbonyl (C=O) groups is 1. The van der Waals surface area contributed by atoms with Gasteiger partial charge in [0.1, 0.15) is 5.75 Å². The highest BCUT2D eigenvalue weighted by atomic mass is 16.5. The predicted octanol–water partition coefficient (Wildman–Crippen LogP) is 3.22. The lowest BCUT2D eigenvalue weighted by Crippen LogP contribution is -1.99. The van der Waals surface area contributed by atoms with Gasteiger partial charge >= 0.3 is 0 Å². The molecule has 3 rings (SSSR count). The summed E-state index contributed by atoms with van der Waals surface area (Å²) in [7, 11) is 1.60. The molecule has 0 aliphatic heterocycles. The van der Waals surface area contributed by atoms with Gasteiger partial charge in [-0.25, -0.2) is 0 Å². The van der Waals surface area contributed by atoms with Crippen molar-refractivity contribution in [3.05, 3.63) is 53.1 Å². The van der Waals surface area contributed by atoms with Crippen LogP contribution in [0.1, 0.15) is 21.5 Å². The third kappa shape index (κ3) is 1.24. The molecule has 0 aromatic heterocycles. The lowest BCUT2D eigenvalue weighted by molar-refractivity contribution is 0.104. The summed E-state index contributed by atoms with van der Waals surface area (Å²) in [6.07, 6.45) is 0. The Bertz CT molecular complexity index is 627. The quantitative estimate of drug-likeness (QED) is 0.634. The standard InChI is InChI=1S/C15H12O2/c1-9-7-8-12(17-2)14-13(9)10-5-3-4-6-11(10)15(14)16/h3-8H,1-2H3. The monoisotopic (exact) mass is 224 g/mol. The first-order chi connectivity index (χ1) is 8.24. The predicted molar refractivity (Wildman–Crippen MR) is 66.6 cm³/mol. The average molecular weight is 224 g/mol. The van der Waals surface area contributed by atoms with Crippen molar-refractivity contribution in [1.82, 2.24) is 0 Å². The molecule has 2 aromatic carbocycles. The molecule has 0 unspecified atom stereocenters. The number of carbonyl (C=O) groups excluding carboxylic acids is 1. The van der Waals surface area contributed by atoms with Crippen molar-refractivity contribution in [3.63, 3.8) is 0 Å². The van der Waals surface area contributed by atoms with Crippen molar-refractivity contribution in [2.24, 2.45) is 0 Å². The minimum Gasteiger partial charge on any atom is -0.496 e. The van der Waals surface area contributed by atoms with E-state index >= 15 is 0 Å². The zero-order chi connectivity index (χ0) is 12.0. The van der Waals surface area contributed by atoms with E-state index in [1.165, 1.54) is 0 Å². The maximum Gasteiger partial charge on any atom is 0.198 e. The van der Waals surface area contributed by atoms with E-state index in [-0.39, 0.29) is 5.78 Å². The SMILES string of the molecule is COc1ccc(C)c2c1C(=O)c1ccccc1-2. The summed E-state index contributed by atoms with van der Waals surface area (Å²) in [5.41, 5.74) is 4.62. The normalized spacial score (nSPS) is 12.2. The Morgan fingerprint density at radius 3 is 2.35 bits per heavy atom. The molecule has 1 aliphatic rings. The number of methoxy groups -OCH3 is 1. The molecule has 0 atom stereocenters. The van der Waals surface area contributed by atoms with Gasteiger partial charge in [0, 0.05) is 11.1 Å².